The number of carbonyl (C=O) groups excluding carboxylic acids is 1. The van der Waals surface area contributed by atoms with Crippen LogP contribution in [0.4, 0.5) is 0 Å². The molecule has 1 aliphatic carbocycles. The highest BCUT2D eigenvalue weighted by Gasteiger charge is 2.23. The van der Waals surface area contributed by atoms with Crippen molar-refractivity contribution < 1.29 is 23.7 Å². The Balaban J connectivity index is 1.27. The van der Waals surface area contributed by atoms with Crippen molar-refractivity contribution in [1.29, 1.82) is 0 Å². The molecule has 4 aromatic rings. The molecular formula is C38H40O5. The number of aryl methyl sites for hydroxylation is 1. The molecule has 0 heterocycles. The lowest BCUT2D eigenvalue weighted by atomic mass is 9.92. The lowest BCUT2D eigenvalue weighted by Crippen LogP contribution is -2.27. The summed E-state index contributed by atoms with van der Waals surface area (Å²) in [5.74, 6) is 0.400. The van der Waals surface area contributed by atoms with Crippen molar-refractivity contribution in [3.63, 3.8) is 0 Å². The van der Waals surface area contributed by atoms with Gasteiger partial charge in [-0.1, -0.05) is 97.9 Å². The van der Waals surface area contributed by atoms with E-state index in [2.05, 4.69) is 85.8 Å². The van der Waals surface area contributed by atoms with Gasteiger partial charge in [-0.25, -0.2) is 4.79 Å². The Morgan fingerprint density at radius 3 is 2.23 bits per heavy atom. The number of esters is 1. The van der Waals surface area contributed by atoms with Crippen LogP contribution in [-0.2, 0) is 38.3 Å². The summed E-state index contributed by atoms with van der Waals surface area (Å²) in [6.07, 6.45) is 5.90. The molecule has 0 aliphatic heterocycles. The Morgan fingerprint density at radius 2 is 1.49 bits per heavy atom. The van der Waals surface area contributed by atoms with E-state index >= 15 is 0 Å². The summed E-state index contributed by atoms with van der Waals surface area (Å²) in [4.78, 5) is 12.1. The van der Waals surface area contributed by atoms with E-state index in [1.54, 1.807) is 6.92 Å². The quantitative estimate of drug-likeness (QED) is 0.121. The molecule has 5 rings (SSSR count). The predicted octanol–water partition coefficient (Wildman–Crippen LogP) is 7.63. The molecule has 0 N–H and O–H groups in total. The molecule has 0 fully saturated rings. The van der Waals surface area contributed by atoms with E-state index in [1.165, 1.54) is 46.1 Å². The Kier molecular flexibility index (Phi) is 10.4. The maximum atomic E-state index is 12.1. The van der Waals surface area contributed by atoms with Crippen molar-refractivity contribution in [3.05, 3.63) is 136 Å². The number of benzene rings is 4. The third-order valence-corrected chi connectivity index (χ3v) is 7.78. The molecule has 0 amide bonds. The van der Waals surface area contributed by atoms with Crippen LogP contribution in [0.5, 0.6) is 5.75 Å². The van der Waals surface area contributed by atoms with Crippen LogP contribution in [0.2, 0.25) is 0 Å². The van der Waals surface area contributed by atoms with E-state index in [-0.39, 0.29) is 12.1 Å². The van der Waals surface area contributed by atoms with Gasteiger partial charge in [-0.15, -0.1) is 0 Å². The Morgan fingerprint density at radius 1 is 0.744 bits per heavy atom. The van der Waals surface area contributed by atoms with E-state index in [0.717, 1.165) is 24.2 Å². The number of carbonyl (C=O) groups is 1. The van der Waals surface area contributed by atoms with E-state index in [9.17, 15) is 4.79 Å². The number of hydrogen-bond donors (Lipinski definition) is 0. The largest absolute Gasteiger partial charge is 0.491 e. The minimum atomic E-state index is -0.623. The first-order chi connectivity index (χ1) is 21.1. The fraction of sp³-hybridized carbons (Fsp3) is 0.289. The molecule has 5 nitrogen and oxygen atoms in total. The van der Waals surface area contributed by atoms with Crippen LogP contribution < -0.4 is 4.74 Å². The monoisotopic (exact) mass is 576 g/mol. The fourth-order valence-corrected chi connectivity index (χ4v) is 5.46. The molecule has 2 atom stereocenters. The van der Waals surface area contributed by atoms with Crippen molar-refractivity contribution in [2.45, 2.75) is 45.3 Å². The Hall–Kier alpha value is -4.19. The highest BCUT2D eigenvalue weighted by Crippen LogP contribution is 2.37. The number of methoxy groups -OCH3 is 1. The predicted molar refractivity (Wildman–Crippen MR) is 171 cm³/mol. The number of hydrogen-bond acceptors (Lipinski definition) is 5. The first-order valence-corrected chi connectivity index (χ1v) is 15.1. The zero-order valence-corrected chi connectivity index (χ0v) is 25.3. The topological polar surface area (TPSA) is 54.0 Å². The average molecular weight is 577 g/mol. The minimum Gasteiger partial charge on any atom is -0.491 e. The molecule has 222 valence electrons. The summed E-state index contributed by atoms with van der Waals surface area (Å²) < 4.78 is 23.1. The molecule has 4 aromatic carbocycles. The molecule has 43 heavy (non-hydrogen) atoms. The van der Waals surface area contributed by atoms with Crippen molar-refractivity contribution in [1.82, 2.24) is 0 Å². The summed E-state index contributed by atoms with van der Waals surface area (Å²) in [5, 5.41) is 0. The van der Waals surface area contributed by atoms with Crippen molar-refractivity contribution >= 4 is 18.1 Å². The standard InChI is InChI=1S/C38H40O5/c1-4-27-11-15-31-16-17-32-24-30(23-28-9-7-6-8-10-28)14-20-34(32)37(35(31)25-27)43-22-21-42-33-18-12-29(13-19-33)26-36(40-3)38(39)41-5-2/h6-20,24-25,36-37H,4-5,21-23,26H2,1-3H3. The van der Waals surface area contributed by atoms with Gasteiger partial charge >= 0.3 is 5.97 Å². The molecule has 0 saturated carbocycles. The zero-order chi connectivity index (χ0) is 30.0. The molecule has 0 radical (unpaired) electrons. The smallest absolute Gasteiger partial charge is 0.335 e. The van der Waals surface area contributed by atoms with E-state index in [1.807, 2.05) is 24.3 Å². The number of ether oxygens (including phenoxy) is 4. The summed E-state index contributed by atoms with van der Waals surface area (Å²) >= 11 is 0. The second-order valence-corrected chi connectivity index (χ2v) is 10.7. The summed E-state index contributed by atoms with van der Waals surface area (Å²) in [6, 6.07) is 31.7. The SMILES string of the molecule is CCOC(=O)C(Cc1ccc(OCCOC2c3ccc(Cc4ccccc4)cc3C=Cc3ccc(CC)cc32)cc1)OC. The minimum absolute atomic E-state index is 0.197. The number of rotatable bonds is 13. The molecule has 0 saturated heterocycles. The van der Waals surface area contributed by atoms with Crippen molar-refractivity contribution in [3.8, 4) is 5.75 Å². The van der Waals surface area contributed by atoms with Gasteiger partial charge in [-0.2, -0.15) is 0 Å². The van der Waals surface area contributed by atoms with Crippen LogP contribution in [0, 0.1) is 0 Å². The second-order valence-electron chi connectivity index (χ2n) is 10.7. The maximum absolute atomic E-state index is 12.1. The van der Waals surface area contributed by atoms with Crippen LogP contribution >= 0.6 is 0 Å². The Labute approximate surface area is 255 Å². The fourth-order valence-electron chi connectivity index (χ4n) is 5.46. The first kappa shape index (κ1) is 30.3. The number of fused-ring (bicyclic) bond motifs is 2. The van der Waals surface area contributed by atoms with E-state index in [4.69, 9.17) is 18.9 Å². The third kappa shape index (κ3) is 7.81. The van der Waals surface area contributed by atoms with E-state index < -0.39 is 6.10 Å². The summed E-state index contributed by atoms with van der Waals surface area (Å²) in [7, 11) is 1.52. The van der Waals surface area contributed by atoms with Gasteiger partial charge < -0.3 is 18.9 Å². The van der Waals surface area contributed by atoms with Crippen LogP contribution in [-0.4, -0.2) is 39.0 Å². The molecule has 5 heteroatoms. The third-order valence-electron chi connectivity index (χ3n) is 7.78. The van der Waals surface area contributed by atoms with Gasteiger partial charge in [0.05, 0.1) is 13.2 Å². The van der Waals surface area contributed by atoms with Gasteiger partial charge in [0.1, 0.15) is 18.5 Å². The van der Waals surface area contributed by atoms with Crippen molar-refractivity contribution in [2.24, 2.45) is 0 Å². The first-order valence-electron chi connectivity index (χ1n) is 15.1. The van der Waals surface area contributed by atoms with Gasteiger partial charge in [-0.3, -0.25) is 0 Å². The van der Waals surface area contributed by atoms with Crippen molar-refractivity contribution in [2.75, 3.05) is 26.9 Å². The zero-order valence-electron chi connectivity index (χ0n) is 25.3. The second kappa shape index (κ2) is 14.8. The lowest BCUT2D eigenvalue weighted by molar-refractivity contribution is -0.154. The molecule has 0 spiro atoms. The highest BCUT2D eigenvalue weighted by molar-refractivity contribution is 5.77. The van der Waals surface area contributed by atoms with Gasteiger partial charge in [0.15, 0.2) is 6.10 Å². The summed E-state index contributed by atoms with van der Waals surface area (Å²) in [6.45, 7) is 5.14. The normalized spacial score (nSPS) is 14.3. The molecule has 2 unspecified atom stereocenters. The highest BCUT2D eigenvalue weighted by atomic mass is 16.6. The van der Waals surface area contributed by atoms with Crippen LogP contribution in [0.25, 0.3) is 12.2 Å². The van der Waals surface area contributed by atoms with Crippen LogP contribution in [0.1, 0.15) is 64.5 Å². The van der Waals surface area contributed by atoms with Gasteiger partial charge in [0.2, 0.25) is 0 Å². The van der Waals surface area contributed by atoms with E-state index in [0.29, 0.717) is 26.2 Å². The molecule has 0 aromatic heterocycles. The maximum Gasteiger partial charge on any atom is 0.335 e. The van der Waals surface area contributed by atoms with Crippen LogP contribution in [0.15, 0.2) is 91.0 Å². The molecule has 1 aliphatic rings. The van der Waals surface area contributed by atoms with Crippen LogP contribution in [0.3, 0.4) is 0 Å². The molecule has 0 bridgehead atoms. The Bertz CT molecular complexity index is 1520. The molecular weight excluding hydrogens is 536 g/mol. The lowest BCUT2D eigenvalue weighted by Gasteiger charge is -2.22. The van der Waals surface area contributed by atoms with Gasteiger partial charge in [0.25, 0.3) is 0 Å². The van der Waals surface area contributed by atoms with Gasteiger partial charge in [0, 0.05) is 13.5 Å². The van der Waals surface area contributed by atoms with Gasteiger partial charge in [-0.05, 0) is 76.4 Å². The average Bonchev–Trinajstić information content (AvgIpc) is 3.19. The summed E-state index contributed by atoms with van der Waals surface area (Å²) in [5.41, 5.74) is 9.55.